The van der Waals surface area contributed by atoms with Crippen molar-refractivity contribution in [2.75, 3.05) is 31.2 Å². The van der Waals surface area contributed by atoms with E-state index in [1.165, 1.54) is 18.9 Å². The number of carbonyl (C=O) groups is 1. The molecule has 0 aromatic heterocycles. The number of hydrogen-bond donors (Lipinski definition) is 1. The monoisotopic (exact) mass is 347 g/mol. The van der Waals surface area contributed by atoms with Crippen LogP contribution in [0.1, 0.15) is 48.9 Å². The van der Waals surface area contributed by atoms with E-state index in [0.717, 1.165) is 44.5 Å². The summed E-state index contributed by atoms with van der Waals surface area (Å²) >= 11 is 0. The summed E-state index contributed by atoms with van der Waals surface area (Å²) in [7, 11) is 0. The molecule has 2 aliphatic rings. The van der Waals surface area contributed by atoms with E-state index < -0.39 is 4.92 Å². The molecule has 0 atom stereocenters. The summed E-state index contributed by atoms with van der Waals surface area (Å²) in [6, 6.07) is 4.91. The molecule has 1 saturated heterocycles. The Kier molecular flexibility index (Phi) is 5.86. The summed E-state index contributed by atoms with van der Waals surface area (Å²) in [6.07, 6.45) is 6.48. The molecule has 1 aliphatic heterocycles. The van der Waals surface area contributed by atoms with E-state index in [-0.39, 0.29) is 23.2 Å². The van der Waals surface area contributed by atoms with Crippen LogP contribution in [0, 0.1) is 10.1 Å². The van der Waals surface area contributed by atoms with Gasteiger partial charge in [-0.3, -0.25) is 14.9 Å². The molecule has 0 bridgehead atoms. The molecule has 0 spiro atoms. The summed E-state index contributed by atoms with van der Waals surface area (Å²) in [5, 5.41) is 14.4. The molecule has 1 saturated carbocycles. The summed E-state index contributed by atoms with van der Waals surface area (Å²) in [6.45, 7) is 2.70. The van der Waals surface area contributed by atoms with Gasteiger partial charge in [-0.1, -0.05) is 25.7 Å². The number of nitro benzene ring substituents is 1. The van der Waals surface area contributed by atoms with Crippen molar-refractivity contribution in [3.63, 3.8) is 0 Å². The van der Waals surface area contributed by atoms with Crippen molar-refractivity contribution in [2.45, 2.75) is 44.6 Å². The van der Waals surface area contributed by atoms with Crippen LogP contribution >= 0.6 is 0 Å². The molecule has 1 aliphatic carbocycles. The van der Waals surface area contributed by atoms with E-state index in [0.29, 0.717) is 13.2 Å². The van der Waals surface area contributed by atoms with Crippen molar-refractivity contribution in [2.24, 2.45) is 0 Å². The van der Waals surface area contributed by atoms with E-state index in [2.05, 4.69) is 10.2 Å². The Bertz CT molecular complexity index is 621. The second kappa shape index (κ2) is 8.29. The highest BCUT2D eigenvalue weighted by molar-refractivity contribution is 5.99. The Hall–Kier alpha value is -2.15. The van der Waals surface area contributed by atoms with E-state index in [9.17, 15) is 14.9 Å². The molecule has 0 radical (unpaired) electrons. The topological polar surface area (TPSA) is 84.7 Å². The SMILES string of the molecule is O=C(NC1CCCCCC1)c1cc(N2CCOCC2)ccc1[N+](=O)[O-]. The number of carbonyl (C=O) groups excluding carboxylic acids is 1. The predicted molar refractivity (Wildman–Crippen MR) is 95.1 cm³/mol. The van der Waals surface area contributed by atoms with Crippen LogP contribution in [0.5, 0.6) is 0 Å². The van der Waals surface area contributed by atoms with Gasteiger partial charge in [0.05, 0.1) is 18.1 Å². The standard InChI is InChI=1S/C18H25N3O4/c22-18(19-14-5-3-1-2-4-6-14)16-13-15(7-8-17(16)21(23)24)20-9-11-25-12-10-20/h7-8,13-14H,1-6,9-12H2,(H,19,22). The molecular formula is C18H25N3O4. The zero-order valence-corrected chi connectivity index (χ0v) is 14.4. The Morgan fingerprint density at radius 1 is 1.16 bits per heavy atom. The Morgan fingerprint density at radius 3 is 2.48 bits per heavy atom. The molecule has 0 unspecified atom stereocenters. The number of anilines is 1. The first kappa shape index (κ1) is 17.7. The van der Waals surface area contributed by atoms with Crippen LogP contribution in [0.3, 0.4) is 0 Å². The molecule has 136 valence electrons. The largest absolute Gasteiger partial charge is 0.378 e. The number of rotatable bonds is 4. The normalized spacial score (nSPS) is 19.3. The maximum atomic E-state index is 12.7. The number of nitro groups is 1. The summed E-state index contributed by atoms with van der Waals surface area (Å²) < 4.78 is 5.34. The van der Waals surface area contributed by atoms with Gasteiger partial charge in [0.25, 0.3) is 11.6 Å². The third-order valence-electron chi connectivity index (χ3n) is 4.99. The number of morpholine rings is 1. The fourth-order valence-corrected chi connectivity index (χ4v) is 3.57. The maximum Gasteiger partial charge on any atom is 0.282 e. The van der Waals surface area contributed by atoms with Gasteiger partial charge in [0, 0.05) is 30.9 Å². The van der Waals surface area contributed by atoms with Crippen LogP contribution in [0.25, 0.3) is 0 Å². The molecule has 7 heteroatoms. The van der Waals surface area contributed by atoms with Gasteiger partial charge in [-0.15, -0.1) is 0 Å². The summed E-state index contributed by atoms with van der Waals surface area (Å²) in [4.78, 5) is 25.7. The number of ether oxygens (including phenoxy) is 1. The molecule has 3 rings (SSSR count). The van der Waals surface area contributed by atoms with Crippen LogP contribution in [-0.2, 0) is 4.74 Å². The fourth-order valence-electron chi connectivity index (χ4n) is 3.57. The minimum Gasteiger partial charge on any atom is -0.378 e. The first-order chi connectivity index (χ1) is 12.1. The first-order valence-electron chi connectivity index (χ1n) is 9.07. The second-order valence-electron chi connectivity index (χ2n) is 6.72. The van der Waals surface area contributed by atoms with Crippen molar-refractivity contribution >= 4 is 17.3 Å². The van der Waals surface area contributed by atoms with Gasteiger partial charge in [-0.2, -0.15) is 0 Å². The Balaban J connectivity index is 1.80. The molecule has 25 heavy (non-hydrogen) atoms. The molecule has 1 aromatic rings. The zero-order valence-electron chi connectivity index (χ0n) is 14.4. The van der Waals surface area contributed by atoms with Gasteiger partial charge >= 0.3 is 0 Å². The van der Waals surface area contributed by atoms with Crippen molar-refractivity contribution < 1.29 is 14.5 Å². The lowest BCUT2D eigenvalue weighted by Gasteiger charge is -2.29. The lowest BCUT2D eigenvalue weighted by atomic mass is 10.1. The fraction of sp³-hybridized carbons (Fsp3) is 0.611. The highest BCUT2D eigenvalue weighted by atomic mass is 16.6. The molecule has 1 heterocycles. The van der Waals surface area contributed by atoms with Crippen LogP contribution < -0.4 is 10.2 Å². The molecular weight excluding hydrogens is 322 g/mol. The Labute approximate surface area is 147 Å². The average Bonchev–Trinajstić information content (AvgIpc) is 2.90. The number of nitrogens with zero attached hydrogens (tertiary/aromatic N) is 2. The highest BCUT2D eigenvalue weighted by Crippen LogP contribution is 2.26. The molecule has 1 amide bonds. The van der Waals surface area contributed by atoms with Crippen LogP contribution in [0.2, 0.25) is 0 Å². The van der Waals surface area contributed by atoms with Crippen molar-refractivity contribution in [3.05, 3.63) is 33.9 Å². The molecule has 2 fully saturated rings. The minimum absolute atomic E-state index is 0.113. The molecule has 1 aromatic carbocycles. The summed E-state index contributed by atoms with van der Waals surface area (Å²) in [5.41, 5.74) is 0.848. The van der Waals surface area contributed by atoms with Gasteiger partial charge < -0.3 is 15.0 Å². The van der Waals surface area contributed by atoms with E-state index >= 15 is 0 Å². The number of benzene rings is 1. The van der Waals surface area contributed by atoms with Gasteiger partial charge in [0.15, 0.2) is 0 Å². The summed E-state index contributed by atoms with van der Waals surface area (Å²) in [5.74, 6) is -0.339. The van der Waals surface area contributed by atoms with Gasteiger partial charge in [0.2, 0.25) is 0 Å². The molecule has 1 N–H and O–H groups in total. The number of nitrogens with one attached hydrogen (secondary N) is 1. The van der Waals surface area contributed by atoms with Crippen LogP contribution in [-0.4, -0.2) is 43.2 Å². The second-order valence-corrected chi connectivity index (χ2v) is 6.72. The Morgan fingerprint density at radius 2 is 1.84 bits per heavy atom. The third kappa shape index (κ3) is 4.48. The van der Waals surface area contributed by atoms with E-state index in [1.54, 1.807) is 12.1 Å². The predicted octanol–water partition coefficient (Wildman–Crippen LogP) is 2.88. The lowest BCUT2D eigenvalue weighted by molar-refractivity contribution is -0.385. The highest BCUT2D eigenvalue weighted by Gasteiger charge is 2.25. The zero-order chi connectivity index (χ0) is 17.6. The van der Waals surface area contributed by atoms with Crippen LogP contribution in [0.15, 0.2) is 18.2 Å². The van der Waals surface area contributed by atoms with E-state index in [4.69, 9.17) is 4.74 Å². The number of amides is 1. The minimum atomic E-state index is -0.481. The lowest BCUT2D eigenvalue weighted by Crippen LogP contribution is -2.37. The first-order valence-corrected chi connectivity index (χ1v) is 9.07. The van der Waals surface area contributed by atoms with Crippen molar-refractivity contribution in [1.29, 1.82) is 0 Å². The van der Waals surface area contributed by atoms with Gasteiger partial charge in [0.1, 0.15) is 5.56 Å². The van der Waals surface area contributed by atoms with Gasteiger partial charge in [-0.05, 0) is 25.0 Å². The smallest absolute Gasteiger partial charge is 0.282 e. The van der Waals surface area contributed by atoms with Crippen LogP contribution in [0.4, 0.5) is 11.4 Å². The van der Waals surface area contributed by atoms with E-state index in [1.807, 2.05) is 0 Å². The maximum absolute atomic E-state index is 12.7. The van der Waals surface area contributed by atoms with Crippen molar-refractivity contribution in [3.8, 4) is 0 Å². The third-order valence-corrected chi connectivity index (χ3v) is 4.99. The van der Waals surface area contributed by atoms with Crippen molar-refractivity contribution in [1.82, 2.24) is 5.32 Å². The number of hydrogen-bond acceptors (Lipinski definition) is 5. The average molecular weight is 347 g/mol. The molecule has 7 nitrogen and oxygen atoms in total. The quantitative estimate of drug-likeness (QED) is 0.514. The van der Waals surface area contributed by atoms with Gasteiger partial charge in [-0.25, -0.2) is 0 Å².